The predicted octanol–water partition coefficient (Wildman–Crippen LogP) is 3.77. The monoisotopic (exact) mass is 351 g/mol. The molecule has 6 nitrogen and oxygen atoms in total. The van der Waals surface area contributed by atoms with Crippen molar-refractivity contribution in [3.05, 3.63) is 55.1 Å². The molecule has 1 saturated carbocycles. The lowest BCUT2D eigenvalue weighted by Gasteiger charge is -2.12. The number of nitrogens with zero attached hydrogens (tertiary/aromatic N) is 5. The van der Waals surface area contributed by atoms with Crippen molar-refractivity contribution in [1.82, 2.24) is 24.7 Å². The van der Waals surface area contributed by atoms with Gasteiger partial charge in [-0.05, 0) is 30.4 Å². The number of halogens is 1. The Hall–Kier alpha value is -3.09. The van der Waals surface area contributed by atoms with E-state index in [1.54, 1.807) is 12.4 Å². The third-order valence-electron chi connectivity index (χ3n) is 4.83. The molecule has 0 bridgehead atoms. The predicted molar refractivity (Wildman–Crippen MR) is 95.0 cm³/mol. The van der Waals surface area contributed by atoms with Crippen LogP contribution < -0.4 is 0 Å². The summed E-state index contributed by atoms with van der Waals surface area (Å²) in [5, 5.41) is 18.5. The van der Waals surface area contributed by atoms with Crippen LogP contribution >= 0.6 is 0 Å². The third-order valence-corrected chi connectivity index (χ3v) is 4.83. The molecule has 0 amide bonds. The fourth-order valence-corrected chi connectivity index (χ4v) is 3.36. The number of aromatic nitrogens is 5. The molecule has 0 aliphatic heterocycles. The van der Waals surface area contributed by atoms with Gasteiger partial charge in [-0.25, -0.2) is 14.4 Å². The van der Waals surface area contributed by atoms with Crippen molar-refractivity contribution in [2.75, 3.05) is 0 Å². The molecule has 1 aromatic carbocycles. The summed E-state index contributed by atoms with van der Waals surface area (Å²) in [6, 6.07) is 2.52. The standard InChI is InChI=1S/C19H18FN5O/c1-12(13-4-2-3-5-13)16-10-22-19(24-23-16)14-8-15(20)17(9-18(14)26)25-7-6-21-11-25/h6-11,13,26H,1-5H2. The van der Waals surface area contributed by atoms with Gasteiger partial charge in [0.2, 0.25) is 0 Å². The van der Waals surface area contributed by atoms with E-state index < -0.39 is 5.82 Å². The Morgan fingerprint density at radius 1 is 1.23 bits per heavy atom. The minimum Gasteiger partial charge on any atom is -0.507 e. The molecule has 0 unspecified atom stereocenters. The molecular formula is C19H18FN5O. The number of phenols is 1. The molecule has 3 aromatic rings. The van der Waals surface area contributed by atoms with Gasteiger partial charge in [-0.1, -0.05) is 19.4 Å². The van der Waals surface area contributed by atoms with Crippen molar-refractivity contribution < 1.29 is 9.50 Å². The van der Waals surface area contributed by atoms with E-state index >= 15 is 0 Å². The Kier molecular flexibility index (Phi) is 4.20. The van der Waals surface area contributed by atoms with Crippen molar-refractivity contribution in [3.63, 3.8) is 0 Å². The first-order chi connectivity index (χ1) is 12.6. The highest BCUT2D eigenvalue weighted by Gasteiger charge is 2.21. The summed E-state index contributed by atoms with van der Waals surface area (Å²) in [6.07, 6.45) is 10.8. The van der Waals surface area contributed by atoms with E-state index in [2.05, 4.69) is 26.7 Å². The Balaban J connectivity index is 1.63. The van der Waals surface area contributed by atoms with Crippen LogP contribution in [0.5, 0.6) is 5.75 Å². The topological polar surface area (TPSA) is 76.7 Å². The van der Waals surface area contributed by atoms with Crippen molar-refractivity contribution in [1.29, 1.82) is 0 Å². The average Bonchev–Trinajstić information content (AvgIpc) is 3.37. The fraction of sp³-hybridized carbons (Fsp3) is 0.263. The smallest absolute Gasteiger partial charge is 0.185 e. The molecule has 0 saturated heterocycles. The van der Waals surface area contributed by atoms with Gasteiger partial charge in [-0.15, -0.1) is 10.2 Å². The van der Waals surface area contributed by atoms with E-state index in [9.17, 15) is 9.50 Å². The Morgan fingerprint density at radius 3 is 2.69 bits per heavy atom. The van der Waals surface area contributed by atoms with E-state index in [0.717, 1.165) is 18.4 Å². The summed E-state index contributed by atoms with van der Waals surface area (Å²) in [5.41, 5.74) is 1.98. The first-order valence-electron chi connectivity index (χ1n) is 8.53. The third kappa shape index (κ3) is 2.96. The highest BCUT2D eigenvalue weighted by atomic mass is 19.1. The van der Waals surface area contributed by atoms with Crippen LogP contribution in [0.25, 0.3) is 22.6 Å². The SMILES string of the molecule is C=C(c1cnc(-c2cc(F)c(-n3ccnc3)cc2O)nn1)C1CCCC1. The Morgan fingerprint density at radius 2 is 2.04 bits per heavy atom. The summed E-state index contributed by atoms with van der Waals surface area (Å²) < 4.78 is 15.9. The highest BCUT2D eigenvalue weighted by molar-refractivity contribution is 5.67. The molecule has 7 heteroatoms. The lowest BCUT2D eigenvalue weighted by Crippen LogP contribution is -2.03. The highest BCUT2D eigenvalue weighted by Crippen LogP contribution is 2.35. The van der Waals surface area contributed by atoms with Gasteiger partial charge < -0.3 is 9.67 Å². The number of rotatable bonds is 4. The molecular weight excluding hydrogens is 333 g/mol. The molecule has 4 rings (SSSR count). The van der Waals surface area contributed by atoms with Crippen LogP contribution in [0.2, 0.25) is 0 Å². The minimum atomic E-state index is -0.515. The van der Waals surface area contributed by atoms with Gasteiger partial charge in [0, 0.05) is 18.5 Å². The van der Waals surface area contributed by atoms with Crippen LogP contribution in [0, 0.1) is 11.7 Å². The van der Waals surface area contributed by atoms with Gasteiger partial charge in [-0.3, -0.25) is 0 Å². The van der Waals surface area contributed by atoms with E-state index in [-0.39, 0.29) is 22.8 Å². The van der Waals surface area contributed by atoms with E-state index in [4.69, 9.17) is 0 Å². The molecule has 0 radical (unpaired) electrons. The number of benzene rings is 1. The second kappa shape index (κ2) is 6.67. The second-order valence-electron chi connectivity index (χ2n) is 6.46. The van der Waals surface area contributed by atoms with Crippen molar-refractivity contribution in [2.45, 2.75) is 25.7 Å². The fourth-order valence-electron chi connectivity index (χ4n) is 3.36. The normalized spacial score (nSPS) is 14.7. The number of phenolic OH excluding ortho intramolecular Hbond substituents is 1. The summed E-state index contributed by atoms with van der Waals surface area (Å²) in [4.78, 5) is 8.14. The van der Waals surface area contributed by atoms with Crippen LogP contribution in [0.4, 0.5) is 4.39 Å². The Bertz CT molecular complexity index is 931. The number of hydrogen-bond acceptors (Lipinski definition) is 5. The number of allylic oxidation sites excluding steroid dienone is 1. The first kappa shape index (κ1) is 16.4. The van der Waals surface area contributed by atoms with Crippen LogP contribution in [0.3, 0.4) is 0 Å². The lowest BCUT2D eigenvalue weighted by molar-refractivity contribution is 0.474. The van der Waals surface area contributed by atoms with E-state index in [1.807, 2.05) is 0 Å². The molecule has 1 fully saturated rings. The zero-order valence-electron chi connectivity index (χ0n) is 14.1. The summed E-state index contributed by atoms with van der Waals surface area (Å²) >= 11 is 0. The maximum atomic E-state index is 14.4. The van der Waals surface area contributed by atoms with Gasteiger partial charge in [-0.2, -0.15) is 0 Å². The van der Waals surface area contributed by atoms with Crippen LogP contribution in [0.15, 0.2) is 43.6 Å². The average molecular weight is 351 g/mol. The Labute approximate surface area is 150 Å². The van der Waals surface area contributed by atoms with Gasteiger partial charge in [0.15, 0.2) is 5.82 Å². The van der Waals surface area contributed by atoms with Gasteiger partial charge in [0.1, 0.15) is 17.3 Å². The van der Waals surface area contributed by atoms with Gasteiger partial charge in [0.25, 0.3) is 0 Å². The molecule has 2 aromatic heterocycles. The van der Waals surface area contributed by atoms with Crippen molar-refractivity contribution in [3.8, 4) is 22.8 Å². The molecule has 0 atom stereocenters. The lowest BCUT2D eigenvalue weighted by atomic mass is 9.97. The van der Waals surface area contributed by atoms with E-state index in [0.29, 0.717) is 11.6 Å². The molecule has 1 N–H and O–H groups in total. The molecule has 1 aliphatic carbocycles. The molecule has 26 heavy (non-hydrogen) atoms. The van der Waals surface area contributed by atoms with Gasteiger partial charge >= 0.3 is 0 Å². The maximum Gasteiger partial charge on any atom is 0.185 e. The molecule has 0 spiro atoms. The number of imidazole rings is 1. The second-order valence-corrected chi connectivity index (χ2v) is 6.46. The largest absolute Gasteiger partial charge is 0.507 e. The molecule has 132 valence electrons. The van der Waals surface area contributed by atoms with Crippen LogP contribution in [-0.2, 0) is 0 Å². The quantitative estimate of drug-likeness (QED) is 0.774. The number of aromatic hydroxyl groups is 1. The van der Waals surface area contributed by atoms with Crippen LogP contribution in [0.1, 0.15) is 31.4 Å². The zero-order valence-corrected chi connectivity index (χ0v) is 14.1. The summed E-state index contributed by atoms with van der Waals surface area (Å²) in [5.74, 6) is -0.0445. The van der Waals surface area contributed by atoms with E-state index in [1.165, 1.54) is 42.1 Å². The molecule has 1 aliphatic rings. The van der Waals surface area contributed by atoms with Crippen LogP contribution in [-0.4, -0.2) is 29.8 Å². The summed E-state index contributed by atoms with van der Waals surface area (Å²) in [6.45, 7) is 4.12. The van der Waals surface area contributed by atoms with Crippen molar-refractivity contribution in [2.24, 2.45) is 5.92 Å². The number of hydrogen-bond donors (Lipinski definition) is 1. The maximum absolute atomic E-state index is 14.4. The van der Waals surface area contributed by atoms with Crippen molar-refractivity contribution >= 4 is 5.57 Å². The zero-order chi connectivity index (χ0) is 18.1. The minimum absolute atomic E-state index is 0.126. The summed E-state index contributed by atoms with van der Waals surface area (Å²) in [7, 11) is 0. The van der Waals surface area contributed by atoms with Gasteiger partial charge in [0.05, 0.1) is 23.8 Å². The first-order valence-corrected chi connectivity index (χ1v) is 8.53. The molecule has 2 heterocycles.